The maximum absolute atomic E-state index is 12.8. The van der Waals surface area contributed by atoms with Gasteiger partial charge in [0.05, 0.1) is 30.6 Å². The number of ether oxygens (including phenoxy) is 2. The summed E-state index contributed by atoms with van der Waals surface area (Å²) < 4.78 is 12.7. The predicted octanol–water partition coefficient (Wildman–Crippen LogP) is 3.02. The van der Waals surface area contributed by atoms with Gasteiger partial charge in [0.25, 0.3) is 0 Å². The highest BCUT2D eigenvalue weighted by molar-refractivity contribution is 5.97. The molecule has 3 rings (SSSR count). The summed E-state index contributed by atoms with van der Waals surface area (Å²) >= 11 is 0. The van der Waals surface area contributed by atoms with E-state index in [0.717, 1.165) is 16.6 Å². The molecule has 0 N–H and O–H groups in total. The molecule has 4 nitrogen and oxygen atoms in total. The Morgan fingerprint density at radius 2 is 1.76 bits per heavy atom. The molecule has 0 saturated heterocycles. The molecule has 2 aromatic carbocycles. The second kappa shape index (κ2) is 4.81. The molecule has 0 aliphatic carbocycles. The largest absolute Gasteiger partial charge is 0.497 e. The summed E-state index contributed by atoms with van der Waals surface area (Å²) in [6, 6.07) is 9.44. The standard InChI is InChI=1S/C17H17NO3/c1-10-5-6-12-13(7-10)18(2)14-8-11(20-3)9-15(21-4)16(14)17(12)19/h5-9H,1-4H3. The monoisotopic (exact) mass is 283 g/mol. The Morgan fingerprint density at radius 1 is 1.00 bits per heavy atom. The van der Waals surface area contributed by atoms with E-state index < -0.39 is 0 Å². The first-order chi connectivity index (χ1) is 10.1. The van der Waals surface area contributed by atoms with Crippen LogP contribution in [0.4, 0.5) is 0 Å². The van der Waals surface area contributed by atoms with Gasteiger partial charge in [0, 0.05) is 24.6 Å². The Labute approximate surface area is 122 Å². The Balaban J connectivity index is 2.61. The van der Waals surface area contributed by atoms with E-state index in [-0.39, 0.29) is 5.43 Å². The minimum atomic E-state index is -0.0161. The van der Waals surface area contributed by atoms with Crippen molar-refractivity contribution in [3.05, 3.63) is 46.1 Å². The number of benzene rings is 2. The van der Waals surface area contributed by atoms with Gasteiger partial charge in [0.1, 0.15) is 11.5 Å². The van der Waals surface area contributed by atoms with Crippen LogP contribution >= 0.6 is 0 Å². The van der Waals surface area contributed by atoms with Crippen LogP contribution in [0, 0.1) is 6.92 Å². The molecular formula is C17H17NO3. The van der Waals surface area contributed by atoms with E-state index in [2.05, 4.69) is 0 Å². The van der Waals surface area contributed by atoms with E-state index in [1.54, 1.807) is 20.3 Å². The molecule has 0 atom stereocenters. The van der Waals surface area contributed by atoms with E-state index in [4.69, 9.17) is 9.47 Å². The zero-order valence-corrected chi connectivity index (χ0v) is 12.6. The van der Waals surface area contributed by atoms with Crippen molar-refractivity contribution in [1.82, 2.24) is 4.57 Å². The molecule has 0 aliphatic rings. The van der Waals surface area contributed by atoms with Gasteiger partial charge < -0.3 is 14.0 Å². The molecule has 3 aromatic rings. The molecule has 21 heavy (non-hydrogen) atoms. The van der Waals surface area contributed by atoms with Crippen LogP contribution in [0.3, 0.4) is 0 Å². The van der Waals surface area contributed by atoms with Gasteiger partial charge in [-0.15, -0.1) is 0 Å². The SMILES string of the molecule is COc1cc(OC)c2c(=O)c3ccc(C)cc3n(C)c2c1. The highest BCUT2D eigenvalue weighted by atomic mass is 16.5. The molecule has 0 fully saturated rings. The third-order valence-electron chi connectivity index (χ3n) is 3.86. The lowest BCUT2D eigenvalue weighted by Gasteiger charge is -2.14. The summed E-state index contributed by atoms with van der Waals surface area (Å²) in [5, 5.41) is 1.27. The fourth-order valence-electron chi connectivity index (χ4n) is 2.72. The van der Waals surface area contributed by atoms with Crippen molar-refractivity contribution in [3.8, 4) is 11.5 Å². The zero-order chi connectivity index (χ0) is 15.1. The molecular weight excluding hydrogens is 266 g/mol. The summed E-state index contributed by atoms with van der Waals surface area (Å²) in [5.41, 5.74) is 2.81. The zero-order valence-electron chi connectivity index (χ0n) is 12.6. The number of methoxy groups -OCH3 is 2. The lowest BCUT2D eigenvalue weighted by Crippen LogP contribution is -2.10. The number of nitrogens with zero attached hydrogens (tertiary/aromatic N) is 1. The van der Waals surface area contributed by atoms with E-state index >= 15 is 0 Å². The van der Waals surface area contributed by atoms with Crippen molar-refractivity contribution in [2.75, 3.05) is 14.2 Å². The predicted molar refractivity (Wildman–Crippen MR) is 84.5 cm³/mol. The Hall–Kier alpha value is -2.49. The van der Waals surface area contributed by atoms with Gasteiger partial charge in [-0.25, -0.2) is 0 Å². The van der Waals surface area contributed by atoms with Gasteiger partial charge in [0.2, 0.25) is 5.43 Å². The average molecular weight is 283 g/mol. The van der Waals surface area contributed by atoms with Crippen molar-refractivity contribution >= 4 is 21.8 Å². The quantitative estimate of drug-likeness (QED) is 0.679. The summed E-state index contributed by atoms with van der Waals surface area (Å²) in [6.45, 7) is 2.01. The summed E-state index contributed by atoms with van der Waals surface area (Å²) in [7, 11) is 5.11. The smallest absolute Gasteiger partial charge is 0.200 e. The van der Waals surface area contributed by atoms with Crippen molar-refractivity contribution in [2.24, 2.45) is 7.05 Å². The van der Waals surface area contributed by atoms with Crippen molar-refractivity contribution in [1.29, 1.82) is 0 Å². The fraction of sp³-hybridized carbons (Fsp3) is 0.235. The molecule has 0 amide bonds. The first kappa shape index (κ1) is 13.5. The molecule has 4 heteroatoms. The van der Waals surface area contributed by atoms with E-state index in [9.17, 15) is 4.79 Å². The van der Waals surface area contributed by atoms with Crippen molar-refractivity contribution in [2.45, 2.75) is 6.92 Å². The number of hydrogen-bond acceptors (Lipinski definition) is 3. The molecule has 0 aliphatic heterocycles. The van der Waals surface area contributed by atoms with Crippen LogP contribution in [0.25, 0.3) is 21.8 Å². The van der Waals surface area contributed by atoms with Crippen LogP contribution in [-0.2, 0) is 7.05 Å². The summed E-state index contributed by atoms with van der Waals surface area (Å²) in [6.07, 6.45) is 0. The first-order valence-corrected chi connectivity index (χ1v) is 6.72. The maximum atomic E-state index is 12.8. The highest BCUT2D eigenvalue weighted by Gasteiger charge is 2.14. The second-order valence-corrected chi connectivity index (χ2v) is 5.13. The minimum Gasteiger partial charge on any atom is -0.497 e. The van der Waals surface area contributed by atoms with Gasteiger partial charge in [0.15, 0.2) is 0 Å². The minimum absolute atomic E-state index is 0.0161. The Kier molecular flexibility index (Phi) is 3.09. The molecule has 0 bridgehead atoms. The lowest BCUT2D eigenvalue weighted by atomic mass is 10.1. The second-order valence-electron chi connectivity index (χ2n) is 5.13. The number of pyridine rings is 1. The van der Waals surface area contributed by atoms with Gasteiger partial charge in [-0.1, -0.05) is 6.07 Å². The van der Waals surface area contributed by atoms with E-state index in [0.29, 0.717) is 22.3 Å². The van der Waals surface area contributed by atoms with Crippen molar-refractivity contribution < 1.29 is 9.47 Å². The topological polar surface area (TPSA) is 40.5 Å². The number of hydrogen-bond donors (Lipinski definition) is 0. The van der Waals surface area contributed by atoms with Crippen LogP contribution in [0.2, 0.25) is 0 Å². The average Bonchev–Trinajstić information content (AvgIpc) is 2.51. The van der Waals surface area contributed by atoms with E-state index in [1.165, 1.54) is 0 Å². The maximum Gasteiger partial charge on any atom is 0.200 e. The molecule has 1 heterocycles. The lowest BCUT2D eigenvalue weighted by molar-refractivity contribution is 0.397. The fourth-order valence-corrected chi connectivity index (χ4v) is 2.72. The Morgan fingerprint density at radius 3 is 2.43 bits per heavy atom. The van der Waals surface area contributed by atoms with Gasteiger partial charge in [-0.3, -0.25) is 4.79 Å². The Bertz CT molecular complexity index is 909. The number of aromatic nitrogens is 1. The van der Waals surface area contributed by atoms with Crippen LogP contribution in [0.1, 0.15) is 5.56 Å². The number of rotatable bonds is 2. The molecule has 108 valence electrons. The summed E-state index contributed by atoms with van der Waals surface area (Å²) in [5.74, 6) is 1.20. The number of aryl methyl sites for hydroxylation is 2. The van der Waals surface area contributed by atoms with Crippen LogP contribution in [0.15, 0.2) is 35.1 Å². The molecule has 0 unspecified atom stereocenters. The molecule has 0 spiro atoms. The normalized spacial score (nSPS) is 11.0. The molecule has 1 aromatic heterocycles. The number of fused-ring (bicyclic) bond motifs is 2. The molecule has 0 saturated carbocycles. The van der Waals surface area contributed by atoms with E-state index in [1.807, 2.05) is 42.8 Å². The third kappa shape index (κ3) is 1.95. The highest BCUT2D eigenvalue weighted by Crippen LogP contribution is 2.30. The summed E-state index contributed by atoms with van der Waals surface area (Å²) in [4.78, 5) is 12.8. The van der Waals surface area contributed by atoms with Gasteiger partial charge >= 0.3 is 0 Å². The van der Waals surface area contributed by atoms with Crippen LogP contribution in [0.5, 0.6) is 11.5 Å². The van der Waals surface area contributed by atoms with Gasteiger partial charge in [-0.05, 0) is 24.6 Å². The van der Waals surface area contributed by atoms with Crippen LogP contribution in [-0.4, -0.2) is 18.8 Å². The van der Waals surface area contributed by atoms with Crippen LogP contribution < -0.4 is 14.9 Å². The third-order valence-corrected chi connectivity index (χ3v) is 3.86. The van der Waals surface area contributed by atoms with Gasteiger partial charge in [-0.2, -0.15) is 0 Å². The molecule has 0 radical (unpaired) electrons. The van der Waals surface area contributed by atoms with Crippen molar-refractivity contribution in [3.63, 3.8) is 0 Å². The first-order valence-electron chi connectivity index (χ1n) is 6.72.